The van der Waals surface area contributed by atoms with Crippen LogP contribution in [0.2, 0.25) is 0 Å². The molecule has 2 heteroatoms. The molecular formula is C24H16O2. The molecule has 26 heavy (non-hydrogen) atoms. The average Bonchev–Trinajstić information content (AvgIpc) is 2.71. The molecule has 0 heterocycles. The zero-order valence-corrected chi connectivity index (χ0v) is 14.3. The summed E-state index contributed by atoms with van der Waals surface area (Å²) >= 11 is 0. The molecule has 0 unspecified atom stereocenters. The molecule has 0 atom stereocenters. The van der Waals surface area contributed by atoms with Crippen molar-refractivity contribution in [3.63, 3.8) is 0 Å². The minimum absolute atomic E-state index is 0.310. The van der Waals surface area contributed by atoms with Gasteiger partial charge >= 0.3 is 5.97 Å². The lowest BCUT2D eigenvalue weighted by molar-refractivity contribution is 0.0601. The van der Waals surface area contributed by atoms with Gasteiger partial charge in [0.2, 0.25) is 0 Å². The number of hydrogen-bond acceptors (Lipinski definition) is 2. The summed E-state index contributed by atoms with van der Waals surface area (Å²) in [7, 11) is 1.41. The lowest BCUT2D eigenvalue weighted by Gasteiger charge is -2.10. The first-order valence-corrected chi connectivity index (χ1v) is 8.61. The maximum absolute atomic E-state index is 11.9. The Morgan fingerprint density at radius 3 is 1.88 bits per heavy atom. The summed E-state index contributed by atoms with van der Waals surface area (Å²) in [6.07, 6.45) is 0. The topological polar surface area (TPSA) is 26.3 Å². The van der Waals surface area contributed by atoms with E-state index in [2.05, 4.69) is 60.7 Å². The van der Waals surface area contributed by atoms with Crippen LogP contribution in [0.5, 0.6) is 0 Å². The lowest BCUT2D eigenvalue weighted by atomic mass is 9.94. The third kappa shape index (κ3) is 2.09. The lowest BCUT2D eigenvalue weighted by Crippen LogP contribution is -2.00. The molecule has 0 aliphatic rings. The number of ether oxygens (including phenoxy) is 1. The molecule has 5 aromatic carbocycles. The van der Waals surface area contributed by atoms with Crippen LogP contribution in [0.15, 0.2) is 78.9 Å². The fourth-order valence-electron chi connectivity index (χ4n) is 3.88. The Hall–Kier alpha value is -3.39. The van der Waals surface area contributed by atoms with E-state index < -0.39 is 0 Å². The van der Waals surface area contributed by atoms with Gasteiger partial charge in [-0.1, -0.05) is 66.7 Å². The van der Waals surface area contributed by atoms with E-state index in [9.17, 15) is 4.79 Å². The van der Waals surface area contributed by atoms with Crippen LogP contribution in [-0.4, -0.2) is 13.1 Å². The minimum atomic E-state index is -0.310. The van der Waals surface area contributed by atoms with Gasteiger partial charge in [-0.3, -0.25) is 0 Å². The molecule has 124 valence electrons. The highest BCUT2D eigenvalue weighted by Crippen LogP contribution is 2.34. The Balaban J connectivity index is 1.91. The number of rotatable bonds is 1. The van der Waals surface area contributed by atoms with Crippen molar-refractivity contribution in [2.24, 2.45) is 0 Å². The first-order chi connectivity index (χ1) is 12.8. The third-order valence-corrected chi connectivity index (χ3v) is 5.16. The first kappa shape index (κ1) is 14.9. The van der Waals surface area contributed by atoms with Gasteiger partial charge in [0.25, 0.3) is 0 Å². The van der Waals surface area contributed by atoms with E-state index in [0.29, 0.717) is 5.56 Å². The molecule has 0 saturated heterocycles. The van der Waals surface area contributed by atoms with E-state index in [0.717, 1.165) is 16.2 Å². The van der Waals surface area contributed by atoms with Gasteiger partial charge in [-0.05, 0) is 55.2 Å². The van der Waals surface area contributed by atoms with Gasteiger partial charge in [-0.15, -0.1) is 0 Å². The summed E-state index contributed by atoms with van der Waals surface area (Å²) < 4.78 is 4.88. The Bertz CT molecular complexity index is 1330. The summed E-state index contributed by atoms with van der Waals surface area (Å²) in [6.45, 7) is 0. The molecule has 0 N–H and O–H groups in total. The first-order valence-electron chi connectivity index (χ1n) is 8.61. The summed E-state index contributed by atoms with van der Waals surface area (Å²) in [5.41, 5.74) is 0.575. The van der Waals surface area contributed by atoms with Crippen molar-refractivity contribution in [2.75, 3.05) is 7.11 Å². The smallest absolute Gasteiger partial charge is 0.337 e. The molecule has 0 aliphatic carbocycles. The number of methoxy groups -OCH3 is 1. The largest absolute Gasteiger partial charge is 0.465 e. The SMILES string of the molecule is COC(=O)c1ccc2ccc3c(ccc4c5ccccc5ccc43)c2c1. The molecule has 5 rings (SSSR count). The van der Waals surface area contributed by atoms with Crippen molar-refractivity contribution in [3.8, 4) is 0 Å². The quantitative estimate of drug-likeness (QED) is 0.274. The summed E-state index contributed by atoms with van der Waals surface area (Å²) in [6, 6.07) is 27.2. The predicted molar refractivity (Wildman–Crippen MR) is 108 cm³/mol. The average molecular weight is 336 g/mol. The van der Waals surface area contributed by atoms with Crippen molar-refractivity contribution in [2.45, 2.75) is 0 Å². The van der Waals surface area contributed by atoms with E-state index in [1.165, 1.54) is 34.0 Å². The van der Waals surface area contributed by atoms with Crippen LogP contribution >= 0.6 is 0 Å². The summed E-state index contributed by atoms with van der Waals surface area (Å²) in [5, 5.41) is 9.51. The standard InChI is InChI=1S/C24H16O2/c1-26-24(25)17-7-6-16-9-11-21-20-10-8-15-4-2-3-5-18(15)19(20)12-13-22(21)23(16)14-17/h2-14H,1H3. The normalized spacial score (nSPS) is 11.4. The van der Waals surface area contributed by atoms with Gasteiger partial charge < -0.3 is 4.74 Å². The van der Waals surface area contributed by atoms with Gasteiger partial charge in [-0.25, -0.2) is 4.79 Å². The molecule has 0 bridgehead atoms. The van der Waals surface area contributed by atoms with E-state index >= 15 is 0 Å². The van der Waals surface area contributed by atoms with E-state index in [1.54, 1.807) is 0 Å². The monoisotopic (exact) mass is 336 g/mol. The van der Waals surface area contributed by atoms with E-state index in [4.69, 9.17) is 4.74 Å². The second kappa shape index (κ2) is 5.57. The Morgan fingerprint density at radius 1 is 0.615 bits per heavy atom. The maximum Gasteiger partial charge on any atom is 0.337 e. The van der Waals surface area contributed by atoms with Crippen molar-refractivity contribution < 1.29 is 9.53 Å². The molecule has 0 saturated carbocycles. The van der Waals surface area contributed by atoms with Crippen molar-refractivity contribution in [1.82, 2.24) is 0 Å². The molecule has 0 aliphatic heterocycles. The molecule has 0 spiro atoms. The Morgan fingerprint density at radius 2 is 1.15 bits per heavy atom. The molecule has 0 aromatic heterocycles. The van der Waals surface area contributed by atoms with Gasteiger partial charge in [0.05, 0.1) is 12.7 Å². The fraction of sp³-hybridized carbons (Fsp3) is 0.0417. The fourth-order valence-corrected chi connectivity index (χ4v) is 3.88. The number of hydrogen-bond donors (Lipinski definition) is 0. The third-order valence-electron chi connectivity index (χ3n) is 5.16. The number of fused-ring (bicyclic) bond motifs is 7. The van der Waals surface area contributed by atoms with Crippen LogP contribution in [0, 0.1) is 0 Å². The number of carbonyl (C=O) groups excluding carboxylic acids is 1. The van der Waals surface area contributed by atoms with Gasteiger partial charge in [-0.2, -0.15) is 0 Å². The Labute approximate surface area is 150 Å². The molecule has 2 nitrogen and oxygen atoms in total. The number of esters is 1. The van der Waals surface area contributed by atoms with Crippen LogP contribution < -0.4 is 0 Å². The highest BCUT2D eigenvalue weighted by atomic mass is 16.5. The summed E-state index contributed by atoms with van der Waals surface area (Å²) in [5.74, 6) is -0.310. The molecule has 5 aromatic rings. The molecule has 0 amide bonds. The molecule has 0 radical (unpaired) electrons. The number of carbonyl (C=O) groups is 1. The zero-order valence-electron chi connectivity index (χ0n) is 14.3. The van der Waals surface area contributed by atoms with Gasteiger partial charge in [0.15, 0.2) is 0 Å². The van der Waals surface area contributed by atoms with Gasteiger partial charge in [0, 0.05) is 0 Å². The van der Waals surface area contributed by atoms with E-state index in [-0.39, 0.29) is 5.97 Å². The van der Waals surface area contributed by atoms with Gasteiger partial charge in [0.1, 0.15) is 0 Å². The van der Waals surface area contributed by atoms with Crippen LogP contribution in [0.4, 0.5) is 0 Å². The highest BCUT2D eigenvalue weighted by molar-refractivity contribution is 6.22. The van der Waals surface area contributed by atoms with Crippen LogP contribution in [0.25, 0.3) is 43.1 Å². The highest BCUT2D eigenvalue weighted by Gasteiger charge is 2.10. The van der Waals surface area contributed by atoms with Crippen molar-refractivity contribution in [1.29, 1.82) is 0 Å². The number of benzene rings is 5. The maximum atomic E-state index is 11.9. The van der Waals surface area contributed by atoms with E-state index in [1.807, 2.05) is 18.2 Å². The summed E-state index contributed by atoms with van der Waals surface area (Å²) in [4.78, 5) is 11.9. The van der Waals surface area contributed by atoms with Crippen molar-refractivity contribution in [3.05, 3.63) is 84.4 Å². The molecule has 0 fully saturated rings. The van der Waals surface area contributed by atoms with Crippen LogP contribution in [0.1, 0.15) is 10.4 Å². The second-order valence-corrected chi connectivity index (χ2v) is 6.54. The molecular weight excluding hydrogens is 320 g/mol. The zero-order chi connectivity index (χ0) is 17.7. The van der Waals surface area contributed by atoms with Crippen LogP contribution in [-0.2, 0) is 4.74 Å². The second-order valence-electron chi connectivity index (χ2n) is 6.54. The van der Waals surface area contributed by atoms with Crippen LogP contribution in [0.3, 0.4) is 0 Å². The minimum Gasteiger partial charge on any atom is -0.465 e. The predicted octanol–water partition coefficient (Wildman–Crippen LogP) is 6.09. The Kier molecular flexibility index (Phi) is 3.19. The van der Waals surface area contributed by atoms with Crippen molar-refractivity contribution >= 4 is 49.1 Å².